The molecular weight excluding hydrogens is 180 g/mol. The fourth-order valence-electron chi connectivity index (χ4n) is 1.29. The molecule has 0 aromatic heterocycles. The summed E-state index contributed by atoms with van der Waals surface area (Å²) in [6.45, 7) is 4.37. The van der Waals surface area contributed by atoms with Crippen LogP contribution in [-0.4, -0.2) is 61.7 Å². The number of aliphatic carboxylic acids is 1. The highest BCUT2D eigenvalue weighted by atomic mass is 16.4. The summed E-state index contributed by atoms with van der Waals surface area (Å²) in [6.07, 6.45) is 1.08. The predicted molar refractivity (Wildman–Crippen MR) is 57.5 cm³/mol. The van der Waals surface area contributed by atoms with Crippen molar-refractivity contribution in [2.45, 2.75) is 13.3 Å². The summed E-state index contributed by atoms with van der Waals surface area (Å²) in [4.78, 5) is 14.8. The molecule has 1 N–H and O–H groups in total. The molecule has 0 aliphatic rings. The summed E-state index contributed by atoms with van der Waals surface area (Å²) < 4.78 is 0. The van der Waals surface area contributed by atoms with E-state index in [-0.39, 0.29) is 5.92 Å². The van der Waals surface area contributed by atoms with Crippen LogP contribution in [0.1, 0.15) is 13.3 Å². The topological polar surface area (TPSA) is 43.8 Å². The van der Waals surface area contributed by atoms with Gasteiger partial charge in [-0.15, -0.1) is 0 Å². The van der Waals surface area contributed by atoms with Gasteiger partial charge in [0.05, 0.1) is 5.92 Å². The lowest BCUT2D eigenvalue weighted by molar-refractivity contribution is -0.141. The van der Waals surface area contributed by atoms with E-state index < -0.39 is 5.97 Å². The molecule has 0 bridgehead atoms. The average Bonchev–Trinajstić information content (AvgIpc) is 2.02. The molecule has 0 aromatic carbocycles. The number of hydrogen-bond donors (Lipinski definition) is 1. The van der Waals surface area contributed by atoms with Gasteiger partial charge in [-0.2, -0.15) is 0 Å². The Hall–Kier alpha value is -0.610. The highest BCUT2D eigenvalue weighted by molar-refractivity contribution is 5.69. The van der Waals surface area contributed by atoms with Crippen molar-refractivity contribution in [1.82, 2.24) is 9.80 Å². The summed E-state index contributed by atoms with van der Waals surface area (Å²) in [7, 11) is 6.05. The zero-order valence-electron chi connectivity index (χ0n) is 9.66. The summed E-state index contributed by atoms with van der Waals surface area (Å²) in [6, 6.07) is 0. The minimum Gasteiger partial charge on any atom is -0.481 e. The first-order valence-electron chi connectivity index (χ1n) is 4.99. The first kappa shape index (κ1) is 13.4. The van der Waals surface area contributed by atoms with Gasteiger partial charge in [-0.25, -0.2) is 0 Å². The monoisotopic (exact) mass is 202 g/mol. The molecule has 1 unspecified atom stereocenters. The van der Waals surface area contributed by atoms with Gasteiger partial charge in [0.1, 0.15) is 0 Å². The molecule has 0 fully saturated rings. The van der Waals surface area contributed by atoms with E-state index in [0.29, 0.717) is 6.54 Å². The van der Waals surface area contributed by atoms with Crippen molar-refractivity contribution in [1.29, 1.82) is 0 Å². The Balaban J connectivity index is 3.55. The minimum atomic E-state index is -0.718. The highest BCUT2D eigenvalue weighted by Gasteiger charge is 2.12. The molecule has 4 heteroatoms. The van der Waals surface area contributed by atoms with Crippen molar-refractivity contribution < 1.29 is 9.90 Å². The van der Waals surface area contributed by atoms with Gasteiger partial charge in [0.25, 0.3) is 0 Å². The smallest absolute Gasteiger partial charge is 0.307 e. The second-order valence-electron chi connectivity index (χ2n) is 4.16. The molecule has 0 spiro atoms. The van der Waals surface area contributed by atoms with E-state index in [1.807, 2.05) is 21.1 Å². The number of carboxylic acid groups (broad SMARTS) is 1. The van der Waals surface area contributed by atoms with Gasteiger partial charge in [0, 0.05) is 6.54 Å². The molecule has 4 nitrogen and oxygen atoms in total. The lowest BCUT2D eigenvalue weighted by atomic mass is 10.2. The van der Waals surface area contributed by atoms with Crippen molar-refractivity contribution in [3.63, 3.8) is 0 Å². The Morgan fingerprint density at radius 1 is 1.29 bits per heavy atom. The Kier molecular flexibility index (Phi) is 6.49. The van der Waals surface area contributed by atoms with Crippen LogP contribution in [0.4, 0.5) is 0 Å². The molecule has 1 atom stereocenters. The largest absolute Gasteiger partial charge is 0.481 e. The minimum absolute atomic E-state index is 0.278. The van der Waals surface area contributed by atoms with Crippen molar-refractivity contribution in [3.8, 4) is 0 Å². The van der Waals surface area contributed by atoms with Gasteiger partial charge in [0.2, 0.25) is 0 Å². The Bertz CT molecular complexity index is 172. The molecule has 0 aromatic rings. The van der Waals surface area contributed by atoms with E-state index in [0.717, 1.165) is 19.5 Å². The van der Waals surface area contributed by atoms with Crippen LogP contribution in [0.5, 0.6) is 0 Å². The summed E-state index contributed by atoms with van der Waals surface area (Å²) in [5.74, 6) is -0.996. The third kappa shape index (κ3) is 6.86. The van der Waals surface area contributed by atoms with E-state index >= 15 is 0 Å². The number of carbonyl (C=O) groups is 1. The van der Waals surface area contributed by atoms with Gasteiger partial charge >= 0.3 is 5.97 Å². The van der Waals surface area contributed by atoms with E-state index in [1.54, 1.807) is 6.92 Å². The number of hydrogen-bond acceptors (Lipinski definition) is 3. The van der Waals surface area contributed by atoms with Crippen LogP contribution < -0.4 is 0 Å². The van der Waals surface area contributed by atoms with Crippen LogP contribution in [0.2, 0.25) is 0 Å². The molecule has 0 aliphatic carbocycles. The zero-order chi connectivity index (χ0) is 11.1. The number of carboxylic acids is 1. The van der Waals surface area contributed by atoms with E-state index in [1.165, 1.54) is 0 Å². The first-order valence-corrected chi connectivity index (χ1v) is 4.99. The van der Waals surface area contributed by atoms with Crippen molar-refractivity contribution in [2.75, 3.05) is 40.8 Å². The molecule has 14 heavy (non-hydrogen) atoms. The van der Waals surface area contributed by atoms with Crippen molar-refractivity contribution in [2.24, 2.45) is 5.92 Å². The quantitative estimate of drug-likeness (QED) is 0.656. The lowest BCUT2D eigenvalue weighted by Gasteiger charge is -2.19. The fourth-order valence-corrected chi connectivity index (χ4v) is 1.29. The number of rotatable bonds is 7. The maximum atomic E-state index is 10.6. The first-order chi connectivity index (χ1) is 6.43. The van der Waals surface area contributed by atoms with Gasteiger partial charge in [-0.05, 0) is 40.7 Å². The Morgan fingerprint density at radius 3 is 2.29 bits per heavy atom. The van der Waals surface area contributed by atoms with E-state index in [4.69, 9.17) is 5.11 Å². The van der Waals surface area contributed by atoms with Gasteiger partial charge in [-0.3, -0.25) is 4.79 Å². The predicted octanol–water partition coefficient (Wildman–Crippen LogP) is 0.591. The van der Waals surface area contributed by atoms with Crippen LogP contribution in [0.15, 0.2) is 0 Å². The second-order valence-corrected chi connectivity index (χ2v) is 4.16. The van der Waals surface area contributed by atoms with Crippen LogP contribution in [-0.2, 0) is 4.79 Å². The fraction of sp³-hybridized carbons (Fsp3) is 0.900. The molecular formula is C10H22N2O2. The third-order valence-corrected chi connectivity index (χ3v) is 2.15. The molecule has 0 aliphatic heterocycles. The number of nitrogens with zero attached hydrogens (tertiary/aromatic N) is 2. The summed E-state index contributed by atoms with van der Waals surface area (Å²) >= 11 is 0. The van der Waals surface area contributed by atoms with Gasteiger partial charge < -0.3 is 14.9 Å². The second kappa shape index (κ2) is 6.79. The molecule has 0 radical (unpaired) electrons. The van der Waals surface area contributed by atoms with Crippen molar-refractivity contribution in [3.05, 3.63) is 0 Å². The maximum Gasteiger partial charge on any atom is 0.307 e. The van der Waals surface area contributed by atoms with Crippen LogP contribution in [0.25, 0.3) is 0 Å². The molecule has 0 amide bonds. The van der Waals surface area contributed by atoms with Gasteiger partial charge in [0.15, 0.2) is 0 Å². The normalized spacial score (nSPS) is 13.6. The third-order valence-electron chi connectivity index (χ3n) is 2.15. The standard InChI is InChI=1S/C10H22N2O2/c1-9(10(13)14)8-12(4)7-5-6-11(2)3/h9H,5-8H2,1-4H3,(H,13,14). The molecule has 0 saturated heterocycles. The van der Waals surface area contributed by atoms with Gasteiger partial charge in [-0.1, -0.05) is 6.92 Å². The SMILES string of the molecule is CC(CN(C)CCCN(C)C)C(=O)O. The molecule has 84 valence electrons. The maximum absolute atomic E-state index is 10.6. The average molecular weight is 202 g/mol. The molecule has 0 saturated carbocycles. The van der Waals surface area contributed by atoms with E-state index in [9.17, 15) is 4.79 Å². The zero-order valence-corrected chi connectivity index (χ0v) is 9.66. The lowest BCUT2D eigenvalue weighted by Crippen LogP contribution is -2.30. The highest BCUT2D eigenvalue weighted by Crippen LogP contribution is 1.99. The van der Waals surface area contributed by atoms with E-state index in [2.05, 4.69) is 9.80 Å². The Labute approximate surface area is 86.5 Å². The summed E-state index contributed by atoms with van der Waals surface area (Å²) in [5.41, 5.74) is 0. The van der Waals surface area contributed by atoms with Crippen molar-refractivity contribution >= 4 is 5.97 Å². The van der Waals surface area contributed by atoms with Crippen LogP contribution in [0, 0.1) is 5.92 Å². The molecule has 0 rings (SSSR count). The van der Waals surface area contributed by atoms with Crippen LogP contribution >= 0.6 is 0 Å². The summed E-state index contributed by atoms with van der Waals surface area (Å²) in [5, 5.41) is 8.71. The molecule has 0 heterocycles. The Morgan fingerprint density at radius 2 is 1.86 bits per heavy atom. The van der Waals surface area contributed by atoms with Crippen LogP contribution in [0.3, 0.4) is 0 Å².